The Morgan fingerprint density at radius 1 is 1.17 bits per heavy atom. The second-order valence-corrected chi connectivity index (χ2v) is 7.17. The number of amides is 2. The lowest BCUT2D eigenvalue weighted by molar-refractivity contribution is -0.133. The monoisotopic (exact) mass is 434 g/mol. The van der Waals surface area contributed by atoms with E-state index >= 15 is 0 Å². The number of nitrogens with zero attached hydrogens (tertiary/aromatic N) is 1. The highest BCUT2D eigenvalue weighted by Gasteiger charge is 2.19. The minimum atomic E-state index is -0.378. The van der Waals surface area contributed by atoms with E-state index in [1.54, 1.807) is 37.6 Å². The van der Waals surface area contributed by atoms with Crippen molar-refractivity contribution in [3.8, 4) is 5.75 Å². The molecule has 3 rings (SSSR count). The first-order valence-corrected chi connectivity index (χ1v) is 9.74. The third-order valence-electron chi connectivity index (χ3n) is 4.50. The first-order valence-electron chi connectivity index (χ1n) is 8.98. The number of ether oxygens (including phenoxy) is 1. The van der Waals surface area contributed by atoms with Gasteiger partial charge in [-0.05, 0) is 31.2 Å². The van der Waals surface area contributed by atoms with E-state index in [0.29, 0.717) is 33.6 Å². The fraction of sp³-hybridized carbons (Fsp3) is 0.238. The predicted molar refractivity (Wildman–Crippen MR) is 114 cm³/mol. The molecular formula is C21H20Cl2N2O4. The molecule has 0 aliphatic heterocycles. The van der Waals surface area contributed by atoms with Crippen LogP contribution >= 0.6 is 23.2 Å². The lowest BCUT2D eigenvalue weighted by atomic mass is 10.1. The zero-order valence-corrected chi connectivity index (χ0v) is 17.5. The summed E-state index contributed by atoms with van der Waals surface area (Å²) in [6, 6.07) is 10.4. The van der Waals surface area contributed by atoms with Gasteiger partial charge in [0, 0.05) is 23.6 Å². The number of hydrogen-bond donors (Lipinski definition) is 1. The second kappa shape index (κ2) is 9.20. The molecule has 0 unspecified atom stereocenters. The van der Waals surface area contributed by atoms with Gasteiger partial charge in [-0.15, -0.1) is 0 Å². The number of nitrogens with one attached hydrogen (secondary N) is 1. The third kappa shape index (κ3) is 4.83. The Bertz CT molecular complexity index is 1030. The number of furan rings is 1. The highest BCUT2D eigenvalue weighted by Crippen LogP contribution is 2.30. The van der Waals surface area contributed by atoms with Crippen LogP contribution in [-0.2, 0) is 16.0 Å². The highest BCUT2D eigenvalue weighted by atomic mass is 35.5. The molecule has 152 valence electrons. The summed E-state index contributed by atoms with van der Waals surface area (Å²) in [4.78, 5) is 26.6. The van der Waals surface area contributed by atoms with Crippen LogP contribution in [0.25, 0.3) is 11.0 Å². The van der Waals surface area contributed by atoms with Crippen LogP contribution in [0.1, 0.15) is 12.5 Å². The van der Waals surface area contributed by atoms with E-state index in [-0.39, 0.29) is 24.8 Å². The van der Waals surface area contributed by atoms with Crippen LogP contribution in [0.3, 0.4) is 0 Å². The number of fused-ring (bicyclic) bond motifs is 1. The standard InChI is InChI=1S/C21H20Cl2N2O4/c1-3-25(11-19(26)24-21-16(22)5-4-6-17(21)23)20(27)9-13-12-29-18-10-14(28-2)7-8-15(13)18/h4-8,10,12H,3,9,11H2,1-2H3,(H,24,26). The lowest BCUT2D eigenvalue weighted by Gasteiger charge is -2.20. The smallest absolute Gasteiger partial charge is 0.244 e. The summed E-state index contributed by atoms with van der Waals surface area (Å²) < 4.78 is 10.7. The molecule has 1 heterocycles. The first kappa shape index (κ1) is 21.0. The molecule has 29 heavy (non-hydrogen) atoms. The quantitative estimate of drug-likeness (QED) is 0.580. The molecular weight excluding hydrogens is 415 g/mol. The molecule has 0 saturated heterocycles. The van der Waals surface area contributed by atoms with Crippen molar-refractivity contribution < 1.29 is 18.7 Å². The van der Waals surface area contributed by atoms with Crippen molar-refractivity contribution in [1.82, 2.24) is 4.90 Å². The summed E-state index contributed by atoms with van der Waals surface area (Å²) in [5.74, 6) is 0.109. The number of halogens is 2. The third-order valence-corrected chi connectivity index (χ3v) is 5.13. The minimum Gasteiger partial charge on any atom is -0.497 e. The summed E-state index contributed by atoms with van der Waals surface area (Å²) in [6.45, 7) is 2.08. The second-order valence-electron chi connectivity index (χ2n) is 6.35. The van der Waals surface area contributed by atoms with Crippen molar-refractivity contribution in [1.29, 1.82) is 0 Å². The number of benzene rings is 2. The summed E-state index contributed by atoms with van der Waals surface area (Å²) in [6.07, 6.45) is 1.67. The van der Waals surface area contributed by atoms with E-state index in [2.05, 4.69) is 5.32 Å². The van der Waals surface area contributed by atoms with Gasteiger partial charge < -0.3 is 19.4 Å². The maximum Gasteiger partial charge on any atom is 0.244 e. The van der Waals surface area contributed by atoms with E-state index < -0.39 is 0 Å². The molecule has 3 aromatic rings. The van der Waals surface area contributed by atoms with Gasteiger partial charge in [0.15, 0.2) is 0 Å². The molecule has 0 spiro atoms. The fourth-order valence-corrected chi connectivity index (χ4v) is 3.44. The normalized spacial score (nSPS) is 10.8. The summed E-state index contributed by atoms with van der Waals surface area (Å²) in [7, 11) is 1.58. The van der Waals surface area contributed by atoms with Crippen LogP contribution in [0.15, 0.2) is 47.1 Å². The number of para-hydroxylation sites is 1. The summed E-state index contributed by atoms with van der Waals surface area (Å²) >= 11 is 12.2. The van der Waals surface area contributed by atoms with E-state index in [0.717, 1.165) is 10.9 Å². The van der Waals surface area contributed by atoms with E-state index in [4.69, 9.17) is 32.4 Å². The van der Waals surface area contributed by atoms with E-state index in [9.17, 15) is 9.59 Å². The Hall–Kier alpha value is -2.70. The maximum atomic E-state index is 12.8. The van der Waals surface area contributed by atoms with Gasteiger partial charge in [0.05, 0.1) is 42.1 Å². The van der Waals surface area contributed by atoms with Gasteiger partial charge in [-0.3, -0.25) is 9.59 Å². The van der Waals surface area contributed by atoms with Crippen molar-refractivity contribution in [2.45, 2.75) is 13.3 Å². The van der Waals surface area contributed by atoms with Gasteiger partial charge in [0.2, 0.25) is 11.8 Å². The number of carbonyl (C=O) groups is 2. The highest BCUT2D eigenvalue weighted by molar-refractivity contribution is 6.39. The Morgan fingerprint density at radius 3 is 2.55 bits per heavy atom. The molecule has 1 N–H and O–H groups in total. The van der Waals surface area contributed by atoms with E-state index in [1.807, 2.05) is 19.1 Å². The minimum absolute atomic E-state index is 0.111. The van der Waals surface area contributed by atoms with Crippen LogP contribution in [-0.4, -0.2) is 36.9 Å². The molecule has 6 nitrogen and oxygen atoms in total. The number of anilines is 1. The Labute approximate surface area is 178 Å². The molecule has 0 saturated carbocycles. The molecule has 0 fully saturated rings. The molecule has 0 bridgehead atoms. The Balaban J connectivity index is 1.68. The lowest BCUT2D eigenvalue weighted by Crippen LogP contribution is -2.38. The number of carbonyl (C=O) groups excluding carboxylic acids is 2. The zero-order chi connectivity index (χ0) is 21.0. The number of hydrogen-bond acceptors (Lipinski definition) is 4. The maximum absolute atomic E-state index is 12.8. The molecule has 2 aromatic carbocycles. The number of rotatable bonds is 7. The van der Waals surface area contributed by atoms with Gasteiger partial charge in [0.1, 0.15) is 11.3 Å². The van der Waals surface area contributed by atoms with Crippen LogP contribution < -0.4 is 10.1 Å². The average Bonchev–Trinajstić information content (AvgIpc) is 3.10. The Morgan fingerprint density at radius 2 is 1.90 bits per heavy atom. The van der Waals surface area contributed by atoms with Crippen molar-refractivity contribution in [3.63, 3.8) is 0 Å². The molecule has 2 amide bonds. The van der Waals surface area contributed by atoms with Crippen LogP contribution in [0.2, 0.25) is 10.0 Å². The molecule has 0 atom stereocenters. The van der Waals surface area contributed by atoms with Crippen molar-refractivity contribution in [2.75, 3.05) is 25.5 Å². The molecule has 8 heteroatoms. The predicted octanol–water partition coefficient (Wildman–Crippen LogP) is 4.78. The fourth-order valence-electron chi connectivity index (χ4n) is 2.95. The van der Waals surface area contributed by atoms with Crippen LogP contribution in [0.4, 0.5) is 5.69 Å². The average molecular weight is 435 g/mol. The van der Waals surface area contributed by atoms with Crippen molar-refractivity contribution in [3.05, 3.63) is 58.3 Å². The number of methoxy groups -OCH3 is 1. The molecule has 0 radical (unpaired) electrons. The Kier molecular flexibility index (Phi) is 6.67. The van der Waals surface area contributed by atoms with Gasteiger partial charge in [0.25, 0.3) is 0 Å². The topological polar surface area (TPSA) is 71.8 Å². The van der Waals surface area contributed by atoms with Gasteiger partial charge >= 0.3 is 0 Å². The van der Waals surface area contributed by atoms with Crippen LogP contribution in [0.5, 0.6) is 5.75 Å². The van der Waals surface area contributed by atoms with Crippen molar-refractivity contribution in [2.24, 2.45) is 0 Å². The van der Waals surface area contributed by atoms with Gasteiger partial charge in [-0.25, -0.2) is 0 Å². The molecule has 0 aliphatic carbocycles. The van der Waals surface area contributed by atoms with Crippen LogP contribution in [0, 0.1) is 0 Å². The van der Waals surface area contributed by atoms with E-state index in [1.165, 1.54) is 4.90 Å². The SMILES string of the molecule is CCN(CC(=O)Nc1c(Cl)cccc1Cl)C(=O)Cc1coc2cc(OC)ccc12. The summed E-state index contributed by atoms with van der Waals surface area (Å²) in [5, 5.41) is 4.17. The largest absolute Gasteiger partial charge is 0.497 e. The molecule has 1 aromatic heterocycles. The zero-order valence-electron chi connectivity index (χ0n) is 16.0. The molecule has 0 aliphatic rings. The first-order chi connectivity index (χ1) is 13.9. The number of likely N-dealkylation sites (N-methyl/N-ethyl adjacent to an activating group) is 1. The summed E-state index contributed by atoms with van der Waals surface area (Å²) in [5.41, 5.74) is 1.72. The van der Waals surface area contributed by atoms with Gasteiger partial charge in [-0.2, -0.15) is 0 Å². The van der Waals surface area contributed by atoms with Crippen molar-refractivity contribution >= 4 is 51.7 Å². The van der Waals surface area contributed by atoms with Gasteiger partial charge in [-0.1, -0.05) is 29.3 Å².